The fraction of sp³-hybridized carbons (Fsp3) is 0.0769. The third-order valence-electron chi connectivity index (χ3n) is 2.44. The first-order valence-electron chi connectivity index (χ1n) is 5.47. The maximum absolute atomic E-state index is 6.11. The molecule has 4 nitrogen and oxygen atoms in total. The second kappa shape index (κ2) is 5.86. The molecule has 1 heterocycles. The third-order valence-corrected chi connectivity index (χ3v) is 2.98. The van der Waals surface area contributed by atoms with Crippen molar-refractivity contribution in [1.29, 1.82) is 0 Å². The van der Waals surface area contributed by atoms with E-state index in [2.05, 4.69) is 10.3 Å². The summed E-state index contributed by atoms with van der Waals surface area (Å²) in [6.07, 6.45) is 0. The average molecular weight is 294 g/mol. The molecule has 0 saturated heterocycles. The molecule has 0 aliphatic carbocycles. The molecule has 98 valence electrons. The molecule has 0 radical (unpaired) electrons. The number of aromatic nitrogens is 1. The molecule has 6 heteroatoms. The van der Waals surface area contributed by atoms with Gasteiger partial charge in [0, 0.05) is 6.07 Å². The number of benzene rings is 1. The summed E-state index contributed by atoms with van der Waals surface area (Å²) in [5.74, 6) is 1.32. The zero-order chi connectivity index (χ0) is 13.8. The molecule has 0 saturated carbocycles. The lowest BCUT2D eigenvalue weighted by Gasteiger charge is -2.10. The van der Waals surface area contributed by atoms with Gasteiger partial charge in [0.15, 0.2) is 0 Å². The Morgan fingerprint density at radius 2 is 2.16 bits per heavy atom. The number of nitrogens with zero attached hydrogens (tertiary/aromatic N) is 1. The molecule has 2 aromatic rings. The van der Waals surface area contributed by atoms with Gasteiger partial charge in [-0.25, -0.2) is 4.98 Å². The number of halogens is 1. The van der Waals surface area contributed by atoms with Gasteiger partial charge in [-0.2, -0.15) is 0 Å². The lowest BCUT2D eigenvalue weighted by molar-refractivity contribution is 0.415. The minimum absolute atomic E-state index is 0.250. The van der Waals surface area contributed by atoms with Crippen molar-refractivity contribution in [2.45, 2.75) is 0 Å². The summed E-state index contributed by atoms with van der Waals surface area (Å²) in [7, 11) is 1.60. The second-order valence-corrected chi connectivity index (χ2v) is 4.59. The fourth-order valence-corrected chi connectivity index (χ4v) is 1.79. The van der Waals surface area contributed by atoms with Crippen LogP contribution in [0.1, 0.15) is 5.69 Å². The van der Waals surface area contributed by atoms with E-state index in [0.29, 0.717) is 28.0 Å². The van der Waals surface area contributed by atoms with Gasteiger partial charge in [0.1, 0.15) is 16.6 Å². The summed E-state index contributed by atoms with van der Waals surface area (Å²) in [5.41, 5.74) is 6.80. The van der Waals surface area contributed by atoms with Gasteiger partial charge >= 0.3 is 0 Å². The second-order valence-electron chi connectivity index (χ2n) is 3.74. The summed E-state index contributed by atoms with van der Waals surface area (Å²) in [6, 6.07) is 10.7. The van der Waals surface area contributed by atoms with E-state index in [1.807, 2.05) is 6.07 Å². The van der Waals surface area contributed by atoms with Crippen molar-refractivity contribution in [1.82, 2.24) is 4.98 Å². The van der Waals surface area contributed by atoms with Crippen molar-refractivity contribution in [3.05, 3.63) is 47.1 Å². The van der Waals surface area contributed by atoms with E-state index in [9.17, 15) is 0 Å². The summed E-state index contributed by atoms with van der Waals surface area (Å²) in [6.45, 7) is 0. The Hall–Kier alpha value is -1.85. The van der Waals surface area contributed by atoms with Crippen LogP contribution in [-0.4, -0.2) is 17.1 Å². The van der Waals surface area contributed by atoms with Crippen LogP contribution in [0.4, 0.5) is 11.5 Å². The van der Waals surface area contributed by atoms with E-state index in [0.717, 1.165) is 0 Å². The molecule has 0 fully saturated rings. The molecule has 3 N–H and O–H groups in total. The SMILES string of the molecule is COc1ccc(Cl)c(Nc2cccc(C(N)=S)n2)c1. The van der Waals surface area contributed by atoms with Crippen LogP contribution in [0.5, 0.6) is 5.75 Å². The number of pyridine rings is 1. The van der Waals surface area contributed by atoms with Crippen molar-refractivity contribution in [2.75, 3.05) is 12.4 Å². The number of hydrogen-bond acceptors (Lipinski definition) is 4. The number of anilines is 2. The fourth-order valence-electron chi connectivity index (χ4n) is 1.51. The van der Waals surface area contributed by atoms with Gasteiger partial charge in [-0.1, -0.05) is 29.9 Å². The number of nitrogens with two attached hydrogens (primary N) is 1. The Morgan fingerprint density at radius 3 is 2.84 bits per heavy atom. The van der Waals surface area contributed by atoms with Crippen molar-refractivity contribution in [2.24, 2.45) is 5.73 Å². The van der Waals surface area contributed by atoms with Gasteiger partial charge in [-0.3, -0.25) is 0 Å². The number of hydrogen-bond donors (Lipinski definition) is 2. The number of thiocarbonyl (C=S) groups is 1. The Balaban J connectivity index is 2.30. The molecule has 0 amide bonds. The first-order valence-corrected chi connectivity index (χ1v) is 6.26. The van der Waals surface area contributed by atoms with E-state index < -0.39 is 0 Å². The normalized spacial score (nSPS) is 10.0. The molecule has 0 aliphatic heterocycles. The van der Waals surface area contributed by atoms with Gasteiger partial charge in [-0.05, 0) is 24.3 Å². The highest BCUT2D eigenvalue weighted by Crippen LogP contribution is 2.28. The lowest BCUT2D eigenvalue weighted by Crippen LogP contribution is -2.12. The zero-order valence-electron chi connectivity index (χ0n) is 10.2. The highest BCUT2D eigenvalue weighted by Gasteiger charge is 2.05. The van der Waals surface area contributed by atoms with E-state index in [4.69, 9.17) is 34.3 Å². The Kier molecular flexibility index (Phi) is 4.19. The summed E-state index contributed by atoms with van der Waals surface area (Å²) >= 11 is 11.0. The standard InChI is InChI=1S/C13H12ClN3OS/c1-18-8-5-6-9(14)11(7-8)17-12-4-2-3-10(16-12)13(15)19/h2-7H,1H3,(H2,15,19)(H,16,17). The van der Waals surface area contributed by atoms with Gasteiger partial charge in [-0.15, -0.1) is 0 Å². The number of ether oxygens (including phenoxy) is 1. The van der Waals surface area contributed by atoms with Crippen LogP contribution in [0.3, 0.4) is 0 Å². The molecule has 0 unspecified atom stereocenters. The molecule has 0 aliphatic rings. The summed E-state index contributed by atoms with van der Waals surface area (Å²) in [4.78, 5) is 4.54. The smallest absolute Gasteiger partial charge is 0.131 e. The molecule has 2 rings (SSSR count). The van der Waals surface area contributed by atoms with Crippen molar-refractivity contribution >= 4 is 40.3 Å². The van der Waals surface area contributed by atoms with Gasteiger partial charge in [0.2, 0.25) is 0 Å². The van der Waals surface area contributed by atoms with Crippen LogP contribution in [-0.2, 0) is 0 Å². The van der Waals surface area contributed by atoms with Crippen molar-refractivity contribution in [3.63, 3.8) is 0 Å². The van der Waals surface area contributed by atoms with Gasteiger partial charge in [0.05, 0.1) is 23.5 Å². The maximum Gasteiger partial charge on any atom is 0.131 e. The summed E-state index contributed by atoms with van der Waals surface area (Å²) < 4.78 is 5.15. The monoisotopic (exact) mass is 293 g/mol. The van der Waals surface area contributed by atoms with Crippen LogP contribution in [0.15, 0.2) is 36.4 Å². The molecule has 0 atom stereocenters. The van der Waals surface area contributed by atoms with Gasteiger partial charge in [0.25, 0.3) is 0 Å². The van der Waals surface area contributed by atoms with Crippen LogP contribution < -0.4 is 15.8 Å². The molecule has 0 bridgehead atoms. The average Bonchev–Trinajstić information content (AvgIpc) is 2.41. The van der Waals surface area contributed by atoms with Crippen LogP contribution in [0, 0.1) is 0 Å². The minimum Gasteiger partial charge on any atom is -0.497 e. The van der Waals surface area contributed by atoms with E-state index >= 15 is 0 Å². The molecule has 19 heavy (non-hydrogen) atoms. The third kappa shape index (κ3) is 3.33. The topological polar surface area (TPSA) is 60.2 Å². The van der Waals surface area contributed by atoms with Gasteiger partial charge < -0.3 is 15.8 Å². The minimum atomic E-state index is 0.250. The van der Waals surface area contributed by atoms with E-state index in [-0.39, 0.29) is 4.99 Å². The highest BCUT2D eigenvalue weighted by molar-refractivity contribution is 7.80. The Bertz CT molecular complexity index is 619. The van der Waals surface area contributed by atoms with Crippen LogP contribution in [0.25, 0.3) is 0 Å². The first-order chi connectivity index (χ1) is 9.10. The largest absolute Gasteiger partial charge is 0.497 e. The predicted octanol–water partition coefficient (Wildman–Crippen LogP) is 3.12. The summed E-state index contributed by atoms with van der Waals surface area (Å²) in [5, 5.41) is 3.68. The quantitative estimate of drug-likeness (QED) is 0.848. The van der Waals surface area contributed by atoms with Crippen molar-refractivity contribution in [3.8, 4) is 5.75 Å². The number of methoxy groups -OCH3 is 1. The molecule has 1 aromatic carbocycles. The van der Waals surface area contributed by atoms with Crippen molar-refractivity contribution < 1.29 is 4.74 Å². The number of nitrogens with one attached hydrogen (secondary N) is 1. The Morgan fingerprint density at radius 1 is 1.37 bits per heavy atom. The molecular weight excluding hydrogens is 282 g/mol. The maximum atomic E-state index is 6.11. The van der Waals surface area contributed by atoms with E-state index in [1.165, 1.54) is 0 Å². The lowest BCUT2D eigenvalue weighted by atomic mass is 10.3. The first kappa shape index (κ1) is 13.6. The highest BCUT2D eigenvalue weighted by atomic mass is 35.5. The van der Waals surface area contributed by atoms with E-state index in [1.54, 1.807) is 37.4 Å². The Labute approximate surface area is 121 Å². The zero-order valence-corrected chi connectivity index (χ0v) is 11.8. The predicted molar refractivity (Wildman–Crippen MR) is 81.4 cm³/mol. The molecule has 0 spiro atoms. The van der Waals surface area contributed by atoms with Crippen LogP contribution in [0.2, 0.25) is 5.02 Å². The number of rotatable bonds is 4. The molecule has 1 aromatic heterocycles. The van der Waals surface area contributed by atoms with Crippen LogP contribution >= 0.6 is 23.8 Å². The molecular formula is C13H12ClN3OS.